The molecule has 0 saturated carbocycles. The van der Waals surface area contributed by atoms with Crippen LogP contribution in [-0.2, 0) is 6.54 Å². The van der Waals surface area contributed by atoms with Crippen molar-refractivity contribution in [3.63, 3.8) is 0 Å². The van der Waals surface area contributed by atoms with Gasteiger partial charge in [0.2, 0.25) is 0 Å². The van der Waals surface area contributed by atoms with Crippen LogP contribution in [0.25, 0.3) is 11.0 Å². The molecule has 1 aromatic carbocycles. The third kappa shape index (κ3) is 3.50. The Hall–Kier alpha value is -1.81. The molecule has 0 N–H and O–H groups in total. The SMILES string of the molecule is COc1ccc2c(CN3CCCCCCC3)cc(=O)oc2c1. The highest BCUT2D eigenvalue weighted by Crippen LogP contribution is 2.24. The maximum atomic E-state index is 11.8. The van der Waals surface area contributed by atoms with Gasteiger partial charge in [-0.15, -0.1) is 0 Å². The molecule has 1 aromatic heterocycles. The fourth-order valence-corrected chi connectivity index (χ4v) is 3.18. The average molecular weight is 301 g/mol. The standard InChI is InChI=1S/C18H23NO3/c1-21-15-7-8-16-14(11-18(20)22-17(16)12-15)13-19-9-5-3-2-4-6-10-19/h7-8,11-12H,2-6,9-10,13H2,1H3. The van der Waals surface area contributed by atoms with Crippen molar-refractivity contribution in [3.05, 3.63) is 40.2 Å². The van der Waals surface area contributed by atoms with Crippen LogP contribution in [0.15, 0.2) is 33.5 Å². The van der Waals surface area contributed by atoms with Gasteiger partial charge in [-0.3, -0.25) is 4.90 Å². The Morgan fingerprint density at radius 2 is 1.82 bits per heavy atom. The van der Waals surface area contributed by atoms with Crippen LogP contribution >= 0.6 is 0 Å². The molecule has 0 spiro atoms. The molecule has 1 fully saturated rings. The predicted octanol–water partition coefficient (Wildman–Crippen LogP) is 3.57. The monoisotopic (exact) mass is 301 g/mol. The summed E-state index contributed by atoms with van der Waals surface area (Å²) < 4.78 is 10.5. The van der Waals surface area contributed by atoms with E-state index in [4.69, 9.17) is 9.15 Å². The molecule has 2 heterocycles. The number of rotatable bonds is 3. The lowest BCUT2D eigenvalue weighted by Crippen LogP contribution is -2.27. The topological polar surface area (TPSA) is 42.7 Å². The Balaban J connectivity index is 1.90. The lowest BCUT2D eigenvalue weighted by Gasteiger charge is -2.24. The first-order chi connectivity index (χ1) is 10.8. The summed E-state index contributed by atoms with van der Waals surface area (Å²) in [6, 6.07) is 7.32. The number of methoxy groups -OCH3 is 1. The summed E-state index contributed by atoms with van der Waals surface area (Å²) in [4.78, 5) is 14.3. The molecule has 118 valence electrons. The highest BCUT2D eigenvalue weighted by molar-refractivity contribution is 5.81. The number of fused-ring (bicyclic) bond motifs is 1. The van der Waals surface area contributed by atoms with Gasteiger partial charge in [-0.05, 0) is 43.6 Å². The first-order valence-corrected chi connectivity index (χ1v) is 8.09. The van der Waals surface area contributed by atoms with Crippen LogP contribution in [0.5, 0.6) is 5.75 Å². The summed E-state index contributed by atoms with van der Waals surface area (Å²) in [7, 11) is 1.61. The molecule has 0 bridgehead atoms. The number of likely N-dealkylation sites (tertiary alicyclic amines) is 1. The van der Waals surface area contributed by atoms with Gasteiger partial charge >= 0.3 is 5.63 Å². The molecule has 1 saturated heterocycles. The molecule has 1 aliphatic rings. The smallest absolute Gasteiger partial charge is 0.336 e. The van der Waals surface area contributed by atoms with Gasteiger partial charge in [-0.1, -0.05) is 19.3 Å². The van der Waals surface area contributed by atoms with E-state index < -0.39 is 0 Å². The fraction of sp³-hybridized carbons (Fsp3) is 0.500. The van der Waals surface area contributed by atoms with Crippen molar-refractivity contribution < 1.29 is 9.15 Å². The van der Waals surface area contributed by atoms with Crippen LogP contribution in [0.3, 0.4) is 0 Å². The van der Waals surface area contributed by atoms with Crippen LogP contribution in [0.4, 0.5) is 0 Å². The maximum Gasteiger partial charge on any atom is 0.336 e. The fourth-order valence-electron chi connectivity index (χ4n) is 3.18. The minimum Gasteiger partial charge on any atom is -0.497 e. The molecule has 1 aliphatic heterocycles. The molecule has 0 amide bonds. The number of nitrogens with zero attached hydrogens (tertiary/aromatic N) is 1. The second kappa shape index (κ2) is 6.97. The van der Waals surface area contributed by atoms with E-state index in [1.165, 1.54) is 32.1 Å². The molecular weight excluding hydrogens is 278 g/mol. The summed E-state index contributed by atoms with van der Waals surface area (Å²) in [5, 5.41) is 1.00. The van der Waals surface area contributed by atoms with E-state index in [1.807, 2.05) is 12.1 Å². The predicted molar refractivity (Wildman–Crippen MR) is 87.4 cm³/mol. The molecule has 4 heteroatoms. The Bertz CT molecular complexity index is 684. The number of hydrogen-bond acceptors (Lipinski definition) is 4. The molecule has 0 radical (unpaired) electrons. The van der Waals surface area contributed by atoms with Gasteiger partial charge in [0.15, 0.2) is 0 Å². The summed E-state index contributed by atoms with van der Waals surface area (Å²) in [5.41, 5.74) is 1.37. The van der Waals surface area contributed by atoms with E-state index in [2.05, 4.69) is 4.90 Å². The molecule has 0 aliphatic carbocycles. The number of ether oxygens (including phenoxy) is 1. The van der Waals surface area contributed by atoms with Gasteiger partial charge in [0.05, 0.1) is 7.11 Å². The van der Waals surface area contributed by atoms with Crippen LogP contribution in [0, 0.1) is 0 Å². The lowest BCUT2D eigenvalue weighted by molar-refractivity contribution is 0.240. The van der Waals surface area contributed by atoms with Gasteiger partial charge in [-0.2, -0.15) is 0 Å². The van der Waals surface area contributed by atoms with Gasteiger partial charge in [0.25, 0.3) is 0 Å². The van der Waals surface area contributed by atoms with Crippen LogP contribution in [-0.4, -0.2) is 25.1 Å². The summed E-state index contributed by atoms with van der Waals surface area (Å²) in [6.45, 7) is 3.03. The number of benzene rings is 1. The van der Waals surface area contributed by atoms with Crippen molar-refractivity contribution in [1.29, 1.82) is 0 Å². The second-order valence-corrected chi connectivity index (χ2v) is 6.00. The molecule has 4 nitrogen and oxygen atoms in total. The van der Waals surface area contributed by atoms with Crippen LogP contribution in [0.2, 0.25) is 0 Å². The highest BCUT2D eigenvalue weighted by atomic mass is 16.5. The van der Waals surface area contributed by atoms with Gasteiger partial charge in [-0.25, -0.2) is 4.79 Å². The quantitative estimate of drug-likeness (QED) is 0.813. The van der Waals surface area contributed by atoms with Crippen LogP contribution in [0.1, 0.15) is 37.7 Å². The zero-order valence-electron chi connectivity index (χ0n) is 13.1. The second-order valence-electron chi connectivity index (χ2n) is 6.00. The Labute approximate surface area is 130 Å². The molecule has 0 unspecified atom stereocenters. The van der Waals surface area contributed by atoms with E-state index in [0.29, 0.717) is 11.3 Å². The molecule has 0 atom stereocenters. The van der Waals surface area contributed by atoms with Crippen molar-refractivity contribution in [2.45, 2.75) is 38.6 Å². The Kier molecular flexibility index (Phi) is 4.78. The molecule has 22 heavy (non-hydrogen) atoms. The summed E-state index contributed by atoms with van der Waals surface area (Å²) in [5.74, 6) is 0.707. The minimum atomic E-state index is -0.289. The third-order valence-electron chi connectivity index (χ3n) is 4.38. The van der Waals surface area contributed by atoms with Gasteiger partial charge in [0.1, 0.15) is 11.3 Å². The highest BCUT2D eigenvalue weighted by Gasteiger charge is 2.13. The average Bonchev–Trinajstić information content (AvgIpc) is 2.48. The zero-order valence-corrected chi connectivity index (χ0v) is 13.1. The summed E-state index contributed by atoms with van der Waals surface area (Å²) in [6.07, 6.45) is 6.46. The normalized spacial score (nSPS) is 17.1. The van der Waals surface area contributed by atoms with Gasteiger partial charge < -0.3 is 9.15 Å². The summed E-state index contributed by atoms with van der Waals surface area (Å²) >= 11 is 0. The molecule has 2 aromatic rings. The largest absolute Gasteiger partial charge is 0.497 e. The van der Waals surface area contributed by atoms with Crippen molar-refractivity contribution in [1.82, 2.24) is 4.90 Å². The van der Waals surface area contributed by atoms with E-state index in [9.17, 15) is 4.79 Å². The first-order valence-electron chi connectivity index (χ1n) is 8.09. The minimum absolute atomic E-state index is 0.289. The Morgan fingerprint density at radius 3 is 2.55 bits per heavy atom. The maximum absolute atomic E-state index is 11.8. The zero-order chi connectivity index (χ0) is 15.4. The van der Waals surface area contributed by atoms with Crippen molar-refractivity contribution in [2.24, 2.45) is 0 Å². The first kappa shape index (κ1) is 15.1. The van der Waals surface area contributed by atoms with Crippen molar-refractivity contribution in [3.8, 4) is 5.75 Å². The van der Waals surface area contributed by atoms with E-state index in [0.717, 1.165) is 30.6 Å². The van der Waals surface area contributed by atoms with E-state index in [-0.39, 0.29) is 5.63 Å². The number of hydrogen-bond donors (Lipinski definition) is 0. The van der Waals surface area contributed by atoms with E-state index in [1.54, 1.807) is 19.2 Å². The third-order valence-corrected chi connectivity index (χ3v) is 4.38. The molecular formula is C18H23NO3. The van der Waals surface area contributed by atoms with Crippen molar-refractivity contribution >= 4 is 11.0 Å². The van der Waals surface area contributed by atoms with Crippen molar-refractivity contribution in [2.75, 3.05) is 20.2 Å². The van der Waals surface area contributed by atoms with E-state index >= 15 is 0 Å². The lowest BCUT2D eigenvalue weighted by atomic mass is 10.1. The van der Waals surface area contributed by atoms with Gasteiger partial charge in [0, 0.05) is 24.1 Å². The Morgan fingerprint density at radius 1 is 1.09 bits per heavy atom. The van der Waals surface area contributed by atoms with Crippen LogP contribution < -0.4 is 10.4 Å². The molecule has 3 rings (SSSR count).